The maximum Gasteiger partial charge on any atom is 0.270 e. The molecule has 26 heavy (non-hydrogen) atoms. The van der Waals surface area contributed by atoms with Gasteiger partial charge in [-0.15, -0.1) is 0 Å². The fourth-order valence-electron chi connectivity index (χ4n) is 2.50. The van der Waals surface area contributed by atoms with Crippen LogP contribution in [0.3, 0.4) is 0 Å². The molecule has 2 aromatic carbocycles. The first-order valence-corrected chi connectivity index (χ1v) is 8.94. The summed E-state index contributed by atoms with van der Waals surface area (Å²) in [5.41, 5.74) is 1.49. The Morgan fingerprint density at radius 3 is 2.23 bits per heavy atom. The lowest BCUT2D eigenvalue weighted by Crippen LogP contribution is -2.27. The first-order valence-electron chi connectivity index (χ1n) is 7.71. The minimum Gasteiger partial charge on any atom is -0.497 e. The van der Waals surface area contributed by atoms with Crippen LogP contribution in [0.15, 0.2) is 47.4 Å². The number of rotatable bonds is 5. The third-order valence-electron chi connectivity index (χ3n) is 3.84. The van der Waals surface area contributed by atoms with E-state index in [2.05, 4.69) is 0 Å². The Hall–Kier alpha value is -2.51. The number of thioether (sulfide) groups is 1. The third-order valence-corrected chi connectivity index (χ3v) is 5.14. The van der Waals surface area contributed by atoms with E-state index < -0.39 is 0 Å². The molecular weight excluding hydrogens is 370 g/mol. The molecule has 0 radical (unpaired) electrons. The smallest absolute Gasteiger partial charge is 0.270 e. The third kappa shape index (κ3) is 3.54. The molecule has 3 rings (SSSR count). The zero-order chi connectivity index (χ0) is 18.7. The number of hydrogen-bond donors (Lipinski definition) is 0. The summed E-state index contributed by atoms with van der Waals surface area (Å²) in [5, 5.41) is 0. The number of methoxy groups -OCH3 is 3. The zero-order valence-electron chi connectivity index (χ0n) is 14.5. The number of benzene rings is 2. The molecule has 0 saturated carbocycles. The summed E-state index contributed by atoms with van der Waals surface area (Å²) in [6.07, 6.45) is 1.81. The van der Waals surface area contributed by atoms with E-state index in [9.17, 15) is 4.79 Å². The predicted octanol–water partition coefficient (Wildman–Crippen LogP) is 4.12. The molecule has 2 aromatic rings. The number of amides is 1. The molecule has 1 aliphatic heterocycles. The van der Waals surface area contributed by atoms with Crippen LogP contribution in [0.1, 0.15) is 5.56 Å². The van der Waals surface area contributed by atoms with Crippen LogP contribution in [0.5, 0.6) is 17.2 Å². The zero-order valence-corrected chi connectivity index (χ0v) is 16.1. The van der Waals surface area contributed by atoms with E-state index in [0.29, 0.717) is 26.4 Å². The van der Waals surface area contributed by atoms with Crippen molar-refractivity contribution >= 4 is 46.0 Å². The standard InChI is InChI=1S/C19H17NO4S2/c1-22-13-6-4-12(5-7-13)10-17-18(21)20(19(25)26-17)15-9-8-14(23-2)11-16(15)24-3/h4-11H,1-3H3. The quantitative estimate of drug-likeness (QED) is 0.568. The molecule has 1 saturated heterocycles. The Bertz CT molecular complexity index is 878. The van der Waals surface area contributed by atoms with Gasteiger partial charge in [0.25, 0.3) is 5.91 Å². The fourth-order valence-corrected chi connectivity index (χ4v) is 3.78. The van der Waals surface area contributed by atoms with Gasteiger partial charge in [0, 0.05) is 6.07 Å². The molecule has 0 spiro atoms. The van der Waals surface area contributed by atoms with Gasteiger partial charge in [0.1, 0.15) is 17.2 Å². The molecule has 0 aliphatic carbocycles. The van der Waals surface area contributed by atoms with Gasteiger partial charge in [-0.3, -0.25) is 9.69 Å². The first-order chi connectivity index (χ1) is 12.6. The summed E-state index contributed by atoms with van der Waals surface area (Å²) >= 11 is 6.68. The van der Waals surface area contributed by atoms with E-state index in [1.807, 2.05) is 30.3 Å². The molecule has 134 valence electrons. The monoisotopic (exact) mass is 387 g/mol. The highest BCUT2D eigenvalue weighted by Gasteiger charge is 2.35. The number of nitrogens with zero attached hydrogens (tertiary/aromatic N) is 1. The molecule has 0 bridgehead atoms. The van der Waals surface area contributed by atoms with Gasteiger partial charge in [0.05, 0.1) is 31.9 Å². The van der Waals surface area contributed by atoms with Crippen molar-refractivity contribution in [2.75, 3.05) is 26.2 Å². The van der Waals surface area contributed by atoms with Crippen LogP contribution in [0, 0.1) is 0 Å². The van der Waals surface area contributed by atoms with E-state index in [-0.39, 0.29) is 5.91 Å². The fraction of sp³-hybridized carbons (Fsp3) is 0.158. The van der Waals surface area contributed by atoms with Crippen LogP contribution >= 0.6 is 24.0 Å². The van der Waals surface area contributed by atoms with Gasteiger partial charge in [-0.25, -0.2) is 0 Å². The van der Waals surface area contributed by atoms with Crippen LogP contribution in [0.4, 0.5) is 5.69 Å². The molecule has 1 fully saturated rings. The number of thiocarbonyl (C=S) groups is 1. The van der Waals surface area contributed by atoms with Crippen molar-refractivity contribution in [2.24, 2.45) is 0 Å². The second kappa shape index (κ2) is 7.80. The molecule has 1 aliphatic rings. The van der Waals surface area contributed by atoms with Gasteiger partial charge in [-0.05, 0) is 35.9 Å². The molecule has 0 atom stereocenters. The van der Waals surface area contributed by atoms with Gasteiger partial charge in [-0.2, -0.15) is 0 Å². The Morgan fingerprint density at radius 2 is 1.62 bits per heavy atom. The topological polar surface area (TPSA) is 48.0 Å². The molecule has 1 amide bonds. The van der Waals surface area contributed by atoms with E-state index >= 15 is 0 Å². The Labute approximate surface area is 161 Å². The van der Waals surface area contributed by atoms with Crippen LogP contribution in [-0.2, 0) is 4.79 Å². The summed E-state index contributed by atoms with van der Waals surface area (Å²) in [5.74, 6) is 1.74. The lowest BCUT2D eigenvalue weighted by Gasteiger charge is -2.18. The van der Waals surface area contributed by atoms with Crippen molar-refractivity contribution in [3.05, 3.63) is 52.9 Å². The van der Waals surface area contributed by atoms with Gasteiger partial charge < -0.3 is 14.2 Å². The molecule has 0 unspecified atom stereocenters. The first kappa shape index (κ1) is 18.3. The van der Waals surface area contributed by atoms with Crippen molar-refractivity contribution in [1.82, 2.24) is 0 Å². The second-order valence-corrected chi connectivity index (χ2v) is 7.00. The van der Waals surface area contributed by atoms with E-state index in [4.69, 9.17) is 26.4 Å². The van der Waals surface area contributed by atoms with Gasteiger partial charge >= 0.3 is 0 Å². The van der Waals surface area contributed by atoms with Crippen molar-refractivity contribution < 1.29 is 19.0 Å². The number of carbonyl (C=O) groups is 1. The highest BCUT2D eigenvalue weighted by molar-refractivity contribution is 8.27. The number of hydrogen-bond acceptors (Lipinski definition) is 6. The minimum atomic E-state index is -0.181. The molecule has 7 heteroatoms. The largest absolute Gasteiger partial charge is 0.497 e. The van der Waals surface area contributed by atoms with E-state index in [1.165, 1.54) is 16.7 Å². The van der Waals surface area contributed by atoms with Gasteiger partial charge in [0.15, 0.2) is 4.32 Å². The number of ether oxygens (including phenoxy) is 3. The molecule has 1 heterocycles. The predicted molar refractivity (Wildman–Crippen MR) is 108 cm³/mol. The summed E-state index contributed by atoms with van der Waals surface area (Å²) in [6.45, 7) is 0. The summed E-state index contributed by atoms with van der Waals surface area (Å²) in [4.78, 5) is 14.9. The lowest BCUT2D eigenvalue weighted by atomic mass is 10.2. The van der Waals surface area contributed by atoms with Crippen molar-refractivity contribution in [3.63, 3.8) is 0 Å². The van der Waals surface area contributed by atoms with Gasteiger partial charge in [-0.1, -0.05) is 36.1 Å². The molecule has 0 N–H and O–H groups in total. The Kier molecular flexibility index (Phi) is 5.49. The van der Waals surface area contributed by atoms with Crippen molar-refractivity contribution in [2.45, 2.75) is 0 Å². The Morgan fingerprint density at radius 1 is 0.962 bits per heavy atom. The summed E-state index contributed by atoms with van der Waals surface area (Å²) in [7, 11) is 4.73. The highest BCUT2D eigenvalue weighted by atomic mass is 32.2. The normalized spacial score (nSPS) is 15.5. The maximum absolute atomic E-state index is 12.9. The van der Waals surface area contributed by atoms with Crippen LogP contribution in [0.25, 0.3) is 6.08 Å². The average molecular weight is 387 g/mol. The SMILES string of the molecule is COc1ccc(C=C2SC(=S)N(c3ccc(OC)cc3OC)C2=O)cc1. The van der Waals surface area contributed by atoms with Crippen molar-refractivity contribution in [1.29, 1.82) is 0 Å². The van der Waals surface area contributed by atoms with E-state index in [1.54, 1.807) is 39.5 Å². The van der Waals surface area contributed by atoms with Crippen LogP contribution in [0.2, 0.25) is 0 Å². The molecule has 5 nitrogen and oxygen atoms in total. The summed E-state index contributed by atoms with van der Waals surface area (Å²) < 4.78 is 16.2. The minimum absolute atomic E-state index is 0.181. The maximum atomic E-state index is 12.9. The molecular formula is C19H17NO4S2. The van der Waals surface area contributed by atoms with E-state index in [0.717, 1.165) is 11.3 Å². The summed E-state index contributed by atoms with van der Waals surface area (Å²) in [6, 6.07) is 12.7. The number of carbonyl (C=O) groups excluding carboxylic acids is 1. The second-order valence-electron chi connectivity index (χ2n) is 5.33. The van der Waals surface area contributed by atoms with Crippen LogP contribution < -0.4 is 19.1 Å². The number of anilines is 1. The average Bonchev–Trinajstić information content (AvgIpc) is 2.95. The Balaban J connectivity index is 1.92. The molecule has 0 aromatic heterocycles. The highest BCUT2D eigenvalue weighted by Crippen LogP contribution is 2.41. The lowest BCUT2D eigenvalue weighted by molar-refractivity contribution is -0.113. The van der Waals surface area contributed by atoms with Gasteiger partial charge in [0.2, 0.25) is 0 Å². The van der Waals surface area contributed by atoms with Crippen LogP contribution in [-0.4, -0.2) is 31.6 Å². The van der Waals surface area contributed by atoms with Crippen molar-refractivity contribution in [3.8, 4) is 17.2 Å².